The van der Waals surface area contributed by atoms with Crippen LogP contribution in [0.25, 0.3) is 10.1 Å². The highest BCUT2D eigenvalue weighted by Gasteiger charge is 2.25. The average Bonchev–Trinajstić information content (AvgIpc) is 3.27. The van der Waals surface area contributed by atoms with Gasteiger partial charge in [-0.1, -0.05) is 6.92 Å². The highest BCUT2D eigenvalue weighted by Crippen LogP contribution is 2.43. The number of hydrogen-bond donors (Lipinski definition) is 1. The van der Waals surface area contributed by atoms with Crippen molar-refractivity contribution in [2.24, 2.45) is 0 Å². The molecule has 1 saturated heterocycles. The zero-order valence-electron chi connectivity index (χ0n) is 15.8. The van der Waals surface area contributed by atoms with Gasteiger partial charge in [0.1, 0.15) is 10.6 Å². The van der Waals surface area contributed by atoms with E-state index in [0.717, 1.165) is 29.6 Å². The molecular formula is C19H26N2O4S. The summed E-state index contributed by atoms with van der Waals surface area (Å²) in [5, 5.41) is 3.94. The van der Waals surface area contributed by atoms with E-state index in [1.165, 1.54) is 17.8 Å². The van der Waals surface area contributed by atoms with Crippen molar-refractivity contribution in [1.29, 1.82) is 0 Å². The first-order valence-corrected chi connectivity index (χ1v) is 9.69. The third kappa shape index (κ3) is 3.46. The lowest BCUT2D eigenvalue weighted by Crippen LogP contribution is -2.39. The van der Waals surface area contributed by atoms with E-state index in [-0.39, 0.29) is 5.91 Å². The summed E-state index contributed by atoms with van der Waals surface area (Å²) in [6, 6.07) is 4.16. The summed E-state index contributed by atoms with van der Waals surface area (Å²) in [6.07, 6.45) is 2.33. The van der Waals surface area contributed by atoms with E-state index >= 15 is 0 Å². The van der Waals surface area contributed by atoms with Gasteiger partial charge in [-0.15, -0.1) is 11.3 Å². The maximum absolute atomic E-state index is 12.8. The number of hydrogen-bond acceptors (Lipinski definition) is 6. The van der Waals surface area contributed by atoms with E-state index in [1.807, 2.05) is 12.1 Å². The van der Waals surface area contributed by atoms with Crippen LogP contribution in [0.1, 0.15) is 29.4 Å². The van der Waals surface area contributed by atoms with Crippen molar-refractivity contribution < 1.29 is 19.0 Å². The number of rotatable bonds is 7. The molecule has 1 fully saturated rings. The lowest BCUT2D eigenvalue weighted by molar-refractivity contribution is 0.0943. The quantitative estimate of drug-likeness (QED) is 0.802. The Kier molecular flexibility index (Phi) is 5.88. The van der Waals surface area contributed by atoms with Crippen LogP contribution >= 0.6 is 11.3 Å². The monoisotopic (exact) mass is 378 g/mol. The molecule has 7 heteroatoms. The van der Waals surface area contributed by atoms with Crippen LogP contribution in [-0.4, -0.2) is 57.8 Å². The number of fused-ring (bicyclic) bond motifs is 1. The fourth-order valence-corrected chi connectivity index (χ4v) is 4.68. The number of likely N-dealkylation sites (N-methyl/N-ethyl adjacent to an activating group) is 1. The average molecular weight is 378 g/mol. The number of methoxy groups -OCH3 is 3. The van der Waals surface area contributed by atoms with Gasteiger partial charge in [0.2, 0.25) is 0 Å². The number of likely N-dealkylation sites (tertiary alicyclic amines) is 1. The van der Waals surface area contributed by atoms with E-state index in [9.17, 15) is 4.79 Å². The standard InChI is InChI=1S/C19H26N2O4S/c1-5-21-8-6-7-12(21)11-20-19(22)18-17(25-4)13-9-14(23-2)15(24-3)10-16(13)26-18/h9-10,12H,5-8,11H2,1-4H3,(H,20,22). The molecule has 1 atom stereocenters. The van der Waals surface area contributed by atoms with Crippen molar-refractivity contribution >= 4 is 27.3 Å². The van der Waals surface area contributed by atoms with E-state index in [4.69, 9.17) is 14.2 Å². The van der Waals surface area contributed by atoms with E-state index < -0.39 is 0 Å². The third-order valence-electron chi connectivity index (χ3n) is 4.96. The largest absolute Gasteiger partial charge is 0.494 e. The molecule has 1 N–H and O–H groups in total. The molecule has 2 heterocycles. The number of nitrogens with one attached hydrogen (secondary N) is 1. The predicted octanol–water partition coefficient (Wildman–Crippen LogP) is 3.14. The molecule has 0 saturated carbocycles. The fourth-order valence-electron chi connectivity index (χ4n) is 3.59. The van der Waals surface area contributed by atoms with Gasteiger partial charge in [0.25, 0.3) is 5.91 Å². The highest BCUT2D eigenvalue weighted by atomic mass is 32.1. The maximum Gasteiger partial charge on any atom is 0.265 e. The molecule has 0 radical (unpaired) electrons. The second-order valence-corrected chi connectivity index (χ2v) is 7.35. The van der Waals surface area contributed by atoms with Crippen LogP contribution in [-0.2, 0) is 0 Å². The number of carbonyl (C=O) groups excluding carboxylic acids is 1. The summed E-state index contributed by atoms with van der Waals surface area (Å²) < 4.78 is 17.2. The van der Waals surface area contributed by atoms with Crippen molar-refractivity contribution in [2.45, 2.75) is 25.8 Å². The first-order valence-electron chi connectivity index (χ1n) is 8.87. The third-order valence-corrected chi connectivity index (χ3v) is 6.10. The summed E-state index contributed by atoms with van der Waals surface area (Å²) in [5.41, 5.74) is 0. The zero-order chi connectivity index (χ0) is 18.7. The Morgan fingerprint density at radius 1 is 1.23 bits per heavy atom. The number of benzene rings is 1. The maximum atomic E-state index is 12.8. The molecule has 2 aromatic rings. The molecule has 1 aromatic heterocycles. The van der Waals surface area contributed by atoms with Gasteiger partial charge < -0.3 is 19.5 Å². The Labute approximate surface area is 158 Å². The highest BCUT2D eigenvalue weighted by molar-refractivity contribution is 7.21. The second kappa shape index (κ2) is 8.14. The van der Waals surface area contributed by atoms with Crippen LogP contribution in [0.5, 0.6) is 17.2 Å². The molecule has 142 valence electrons. The molecule has 0 spiro atoms. The smallest absolute Gasteiger partial charge is 0.265 e. The zero-order valence-corrected chi connectivity index (χ0v) is 16.6. The van der Waals surface area contributed by atoms with Gasteiger partial charge in [0.05, 0.1) is 21.3 Å². The van der Waals surface area contributed by atoms with E-state index in [1.54, 1.807) is 21.3 Å². The molecular weight excluding hydrogens is 352 g/mol. The Bertz CT molecular complexity index is 789. The minimum atomic E-state index is -0.0936. The molecule has 1 aliphatic rings. The minimum Gasteiger partial charge on any atom is -0.494 e. The van der Waals surface area contributed by atoms with Crippen molar-refractivity contribution in [3.8, 4) is 17.2 Å². The first-order chi connectivity index (χ1) is 12.6. The van der Waals surface area contributed by atoms with Crippen LogP contribution in [0, 0.1) is 0 Å². The lowest BCUT2D eigenvalue weighted by atomic mass is 10.2. The number of nitrogens with zero attached hydrogens (tertiary/aromatic N) is 1. The van der Waals surface area contributed by atoms with Crippen LogP contribution in [0.3, 0.4) is 0 Å². The van der Waals surface area contributed by atoms with Gasteiger partial charge in [0.15, 0.2) is 11.5 Å². The number of carbonyl (C=O) groups is 1. The molecule has 1 amide bonds. The molecule has 26 heavy (non-hydrogen) atoms. The van der Waals surface area contributed by atoms with Gasteiger partial charge >= 0.3 is 0 Å². The summed E-state index contributed by atoms with van der Waals surface area (Å²) in [4.78, 5) is 15.8. The second-order valence-electron chi connectivity index (χ2n) is 6.30. The SMILES string of the molecule is CCN1CCCC1CNC(=O)c1sc2cc(OC)c(OC)cc2c1OC. The fraction of sp³-hybridized carbons (Fsp3) is 0.526. The van der Waals surface area contributed by atoms with Crippen molar-refractivity contribution in [3.63, 3.8) is 0 Å². The number of ether oxygens (including phenoxy) is 3. The van der Waals surface area contributed by atoms with E-state index in [0.29, 0.717) is 34.7 Å². The molecule has 1 aromatic carbocycles. The van der Waals surface area contributed by atoms with Crippen LogP contribution in [0.4, 0.5) is 0 Å². The first kappa shape index (κ1) is 18.8. The van der Waals surface area contributed by atoms with Gasteiger partial charge in [-0.3, -0.25) is 9.69 Å². The molecule has 1 aliphatic heterocycles. The Hall–Kier alpha value is -1.99. The summed E-state index contributed by atoms with van der Waals surface area (Å²) >= 11 is 1.41. The Balaban J connectivity index is 1.85. The number of amides is 1. The van der Waals surface area contributed by atoms with Gasteiger partial charge in [-0.25, -0.2) is 0 Å². The van der Waals surface area contributed by atoms with Crippen molar-refractivity contribution in [1.82, 2.24) is 10.2 Å². The molecule has 1 unspecified atom stereocenters. The van der Waals surface area contributed by atoms with E-state index in [2.05, 4.69) is 17.1 Å². The molecule has 0 aliphatic carbocycles. The lowest BCUT2D eigenvalue weighted by Gasteiger charge is -2.22. The normalized spacial score (nSPS) is 17.5. The Morgan fingerprint density at radius 2 is 1.96 bits per heavy atom. The molecule has 0 bridgehead atoms. The summed E-state index contributed by atoms with van der Waals surface area (Å²) in [6.45, 7) is 4.96. The van der Waals surface area contributed by atoms with Crippen LogP contribution < -0.4 is 19.5 Å². The van der Waals surface area contributed by atoms with Crippen LogP contribution in [0.15, 0.2) is 12.1 Å². The van der Waals surface area contributed by atoms with Crippen LogP contribution in [0.2, 0.25) is 0 Å². The van der Waals surface area contributed by atoms with Crippen molar-refractivity contribution in [3.05, 3.63) is 17.0 Å². The predicted molar refractivity (Wildman–Crippen MR) is 104 cm³/mol. The number of thiophene rings is 1. The van der Waals surface area contributed by atoms with Crippen molar-refractivity contribution in [2.75, 3.05) is 41.0 Å². The summed E-state index contributed by atoms with van der Waals surface area (Å²) in [5.74, 6) is 1.75. The van der Waals surface area contributed by atoms with Gasteiger partial charge in [-0.05, 0) is 32.0 Å². The molecule has 6 nitrogen and oxygen atoms in total. The molecule has 3 rings (SSSR count). The topological polar surface area (TPSA) is 60.0 Å². The summed E-state index contributed by atoms with van der Waals surface area (Å²) in [7, 11) is 4.78. The minimum absolute atomic E-state index is 0.0936. The Morgan fingerprint density at radius 3 is 2.62 bits per heavy atom. The van der Waals surface area contributed by atoms with Gasteiger partial charge in [-0.2, -0.15) is 0 Å². The van der Waals surface area contributed by atoms with Gasteiger partial charge in [0, 0.05) is 28.7 Å².